The first-order valence-electron chi connectivity index (χ1n) is 9.94. The van der Waals surface area contributed by atoms with Crippen LogP contribution in [0.1, 0.15) is 55.5 Å². The van der Waals surface area contributed by atoms with Crippen LogP contribution in [-0.4, -0.2) is 18.2 Å². The second-order valence-corrected chi connectivity index (χ2v) is 7.21. The second kappa shape index (κ2) is 9.93. The van der Waals surface area contributed by atoms with Crippen LogP contribution in [0.3, 0.4) is 0 Å². The van der Waals surface area contributed by atoms with Crippen LogP contribution in [0, 0.1) is 5.92 Å². The Morgan fingerprint density at radius 1 is 1.07 bits per heavy atom. The van der Waals surface area contributed by atoms with Gasteiger partial charge in [0.1, 0.15) is 18.1 Å². The predicted octanol–water partition coefficient (Wildman–Crippen LogP) is 4.96. The first-order chi connectivity index (χ1) is 13.6. The zero-order valence-electron chi connectivity index (χ0n) is 16.6. The summed E-state index contributed by atoms with van der Waals surface area (Å²) in [5.74, 6) is 2.09. The molecule has 0 aromatic heterocycles. The summed E-state index contributed by atoms with van der Waals surface area (Å²) in [6, 6.07) is 15.0. The van der Waals surface area contributed by atoms with Crippen molar-refractivity contribution in [2.75, 3.05) is 6.61 Å². The minimum absolute atomic E-state index is 0.176. The first-order valence-corrected chi connectivity index (χ1v) is 9.94. The lowest BCUT2D eigenvalue weighted by atomic mass is 9.89. The number of nitrogens with one attached hydrogen (secondary N) is 1. The molecule has 0 radical (unpaired) electrons. The van der Waals surface area contributed by atoms with Gasteiger partial charge in [0.25, 0.3) is 5.91 Å². The highest BCUT2D eigenvalue weighted by atomic mass is 16.5. The lowest BCUT2D eigenvalue weighted by Gasteiger charge is -2.18. The second-order valence-electron chi connectivity index (χ2n) is 7.21. The van der Waals surface area contributed by atoms with E-state index in [0.717, 1.165) is 42.0 Å². The number of hydrogen-bond donors (Lipinski definition) is 1. The molecule has 148 valence electrons. The van der Waals surface area contributed by atoms with Crippen LogP contribution in [-0.2, 0) is 6.61 Å². The Morgan fingerprint density at radius 3 is 2.39 bits per heavy atom. The van der Waals surface area contributed by atoms with Crippen molar-refractivity contribution in [1.29, 1.82) is 0 Å². The van der Waals surface area contributed by atoms with E-state index in [1.54, 1.807) is 12.1 Å². The Labute approximate surface area is 166 Å². The third-order valence-corrected chi connectivity index (χ3v) is 4.82. The highest BCUT2D eigenvalue weighted by Crippen LogP contribution is 2.21. The molecule has 1 saturated carbocycles. The lowest BCUT2D eigenvalue weighted by Crippen LogP contribution is -2.22. The van der Waals surface area contributed by atoms with Gasteiger partial charge in [0.15, 0.2) is 0 Å². The maximum atomic E-state index is 12.3. The summed E-state index contributed by atoms with van der Waals surface area (Å²) in [6.07, 6.45) is 4.35. The standard InChI is InChI=1S/C23H28N2O3/c1-3-27-21-11-13-22(14-12-21)28-16-18-7-9-19(10-8-18)23(26)25-24-20-6-4-5-17(2)15-20/h7-14,17H,3-6,15-16H2,1-2H3,(H,25,26)/b24-20-/t17-/m0/s1. The molecule has 0 aliphatic heterocycles. The smallest absolute Gasteiger partial charge is 0.271 e. The molecule has 0 heterocycles. The van der Waals surface area contributed by atoms with Crippen molar-refractivity contribution in [3.05, 3.63) is 59.7 Å². The van der Waals surface area contributed by atoms with Crippen molar-refractivity contribution in [2.24, 2.45) is 11.0 Å². The average Bonchev–Trinajstić information content (AvgIpc) is 2.72. The molecule has 3 rings (SSSR count). The molecule has 0 unspecified atom stereocenters. The number of hydrogen-bond acceptors (Lipinski definition) is 4. The molecule has 1 N–H and O–H groups in total. The Balaban J connectivity index is 1.50. The maximum absolute atomic E-state index is 12.3. The molecule has 1 aliphatic rings. The fourth-order valence-corrected chi connectivity index (χ4v) is 3.27. The SMILES string of the molecule is CCOc1ccc(OCc2ccc(C(=O)N/N=C3/CCC[C@H](C)C3)cc2)cc1. The Morgan fingerprint density at radius 2 is 1.75 bits per heavy atom. The molecule has 1 aliphatic carbocycles. The number of carbonyl (C=O) groups is 1. The van der Waals surface area contributed by atoms with Crippen molar-refractivity contribution < 1.29 is 14.3 Å². The van der Waals surface area contributed by atoms with Crippen molar-refractivity contribution >= 4 is 11.6 Å². The minimum atomic E-state index is -0.176. The van der Waals surface area contributed by atoms with E-state index in [4.69, 9.17) is 9.47 Å². The van der Waals surface area contributed by atoms with E-state index in [9.17, 15) is 4.79 Å². The van der Waals surface area contributed by atoms with Gasteiger partial charge in [-0.15, -0.1) is 0 Å². The molecule has 0 bridgehead atoms. The molecule has 2 aromatic rings. The Hall–Kier alpha value is -2.82. The zero-order valence-corrected chi connectivity index (χ0v) is 16.6. The maximum Gasteiger partial charge on any atom is 0.271 e. The van der Waals surface area contributed by atoms with Gasteiger partial charge in [-0.2, -0.15) is 5.10 Å². The summed E-state index contributed by atoms with van der Waals surface area (Å²) in [5, 5.41) is 4.31. The topological polar surface area (TPSA) is 59.9 Å². The van der Waals surface area contributed by atoms with E-state index < -0.39 is 0 Å². The van der Waals surface area contributed by atoms with E-state index in [1.807, 2.05) is 43.3 Å². The molecule has 28 heavy (non-hydrogen) atoms. The van der Waals surface area contributed by atoms with Gasteiger partial charge in [-0.25, -0.2) is 5.43 Å². The largest absolute Gasteiger partial charge is 0.494 e. The monoisotopic (exact) mass is 380 g/mol. The molecule has 1 fully saturated rings. The van der Waals surface area contributed by atoms with Gasteiger partial charge in [-0.3, -0.25) is 4.79 Å². The quantitative estimate of drug-likeness (QED) is 0.691. The number of amides is 1. The number of carbonyl (C=O) groups excluding carboxylic acids is 1. The van der Waals surface area contributed by atoms with Gasteiger partial charge in [-0.1, -0.05) is 19.1 Å². The number of benzene rings is 2. The van der Waals surface area contributed by atoms with Crippen molar-refractivity contribution in [1.82, 2.24) is 5.43 Å². The summed E-state index contributed by atoms with van der Waals surface area (Å²) in [5.41, 5.74) is 5.37. The Kier molecular flexibility index (Phi) is 7.06. The summed E-state index contributed by atoms with van der Waals surface area (Å²) in [6.45, 7) is 5.27. The third kappa shape index (κ3) is 5.84. The van der Waals surface area contributed by atoms with Gasteiger partial charge in [-0.05, 0) is 80.5 Å². The summed E-state index contributed by atoms with van der Waals surface area (Å²) >= 11 is 0. The molecular weight excluding hydrogens is 352 g/mol. The van der Waals surface area contributed by atoms with E-state index in [2.05, 4.69) is 17.5 Å². The van der Waals surface area contributed by atoms with E-state index in [-0.39, 0.29) is 5.91 Å². The fraction of sp³-hybridized carbons (Fsp3) is 0.391. The van der Waals surface area contributed by atoms with Crippen LogP contribution in [0.2, 0.25) is 0 Å². The highest BCUT2D eigenvalue weighted by molar-refractivity contribution is 5.95. The molecule has 1 amide bonds. The van der Waals surface area contributed by atoms with Gasteiger partial charge in [0, 0.05) is 11.3 Å². The van der Waals surface area contributed by atoms with Gasteiger partial charge in [0.05, 0.1) is 6.61 Å². The molecular formula is C23H28N2O3. The van der Waals surface area contributed by atoms with Crippen LogP contribution < -0.4 is 14.9 Å². The summed E-state index contributed by atoms with van der Waals surface area (Å²) in [7, 11) is 0. The molecule has 5 heteroatoms. The molecule has 2 aromatic carbocycles. The third-order valence-electron chi connectivity index (χ3n) is 4.82. The fourth-order valence-electron chi connectivity index (χ4n) is 3.27. The zero-order chi connectivity index (χ0) is 19.8. The van der Waals surface area contributed by atoms with Crippen LogP contribution in [0.15, 0.2) is 53.6 Å². The van der Waals surface area contributed by atoms with Crippen molar-refractivity contribution in [3.63, 3.8) is 0 Å². The van der Waals surface area contributed by atoms with E-state index in [0.29, 0.717) is 24.7 Å². The van der Waals surface area contributed by atoms with Crippen LogP contribution >= 0.6 is 0 Å². The molecule has 5 nitrogen and oxygen atoms in total. The summed E-state index contributed by atoms with van der Waals surface area (Å²) < 4.78 is 11.2. The number of rotatable bonds is 7. The van der Waals surface area contributed by atoms with Crippen molar-refractivity contribution in [2.45, 2.75) is 46.1 Å². The number of hydrazone groups is 1. The van der Waals surface area contributed by atoms with E-state index in [1.165, 1.54) is 6.42 Å². The summed E-state index contributed by atoms with van der Waals surface area (Å²) in [4.78, 5) is 12.3. The van der Waals surface area contributed by atoms with Gasteiger partial charge in [0.2, 0.25) is 0 Å². The first kappa shape index (κ1) is 19.9. The van der Waals surface area contributed by atoms with Gasteiger partial charge >= 0.3 is 0 Å². The molecule has 1 atom stereocenters. The predicted molar refractivity (Wildman–Crippen MR) is 111 cm³/mol. The Bertz CT molecular complexity index is 798. The molecule has 0 spiro atoms. The average molecular weight is 380 g/mol. The van der Waals surface area contributed by atoms with E-state index >= 15 is 0 Å². The van der Waals surface area contributed by atoms with Crippen molar-refractivity contribution in [3.8, 4) is 11.5 Å². The number of nitrogens with zero attached hydrogens (tertiary/aromatic N) is 1. The minimum Gasteiger partial charge on any atom is -0.494 e. The lowest BCUT2D eigenvalue weighted by molar-refractivity contribution is 0.0954. The number of ether oxygens (including phenoxy) is 2. The van der Waals surface area contributed by atoms with Gasteiger partial charge < -0.3 is 9.47 Å². The van der Waals surface area contributed by atoms with Crippen LogP contribution in [0.4, 0.5) is 0 Å². The van der Waals surface area contributed by atoms with Crippen LogP contribution in [0.25, 0.3) is 0 Å². The molecule has 0 saturated heterocycles. The highest BCUT2D eigenvalue weighted by Gasteiger charge is 2.14. The normalized spacial score (nSPS) is 17.9. The van der Waals surface area contributed by atoms with Crippen LogP contribution in [0.5, 0.6) is 11.5 Å².